The molecular weight excluding hydrogens is 661 g/mol. The Hall–Kier alpha value is -4.18. The monoisotopic (exact) mass is 708 g/mol. The zero-order chi connectivity index (χ0) is 37.0. The molecule has 2 aliphatic heterocycles. The van der Waals surface area contributed by atoms with E-state index < -0.39 is 35.6 Å². The summed E-state index contributed by atoms with van der Waals surface area (Å²) in [7, 11) is 1.61. The molecule has 16 heteroatoms. The van der Waals surface area contributed by atoms with Crippen LogP contribution in [0.5, 0.6) is 0 Å². The summed E-state index contributed by atoms with van der Waals surface area (Å²) in [6.45, 7) is 12.2. The molecule has 50 heavy (non-hydrogen) atoms. The predicted molar refractivity (Wildman–Crippen MR) is 179 cm³/mol. The SMILES string of the molecule is CC(C)(C)OC=O.Cn1ncc(CC(=O)c2c(NC(=O)OC(C)(C)C)oc3cc(C4CCOCC4)cnc23)c1N1C[C@@H](N)C[C@@H](C(F)(F)F)C1. The number of halogens is 3. The fraction of sp³-hybridized carbons (Fsp3) is 0.618. The number of furan rings is 1. The first kappa shape index (κ1) is 38.6. The topological polar surface area (TPSA) is 164 Å². The summed E-state index contributed by atoms with van der Waals surface area (Å²) in [5.41, 5.74) is 6.86. The van der Waals surface area contributed by atoms with Crippen molar-refractivity contribution in [1.82, 2.24) is 14.8 Å². The van der Waals surface area contributed by atoms with E-state index in [1.165, 1.54) is 15.8 Å². The third kappa shape index (κ3) is 10.2. The minimum absolute atomic E-state index is 0.0395. The van der Waals surface area contributed by atoms with Gasteiger partial charge in [0.1, 0.15) is 28.1 Å². The van der Waals surface area contributed by atoms with Crippen molar-refractivity contribution < 1.29 is 46.2 Å². The van der Waals surface area contributed by atoms with Crippen molar-refractivity contribution in [3.05, 3.63) is 35.2 Å². The number of Topliss-reactive ketones (excluding diaryl/α,β-unsaturated/α-hetero) is 1. The number of rotatable bonds is 7. The number of fused-ring (bicyclic) bond motifs is 1. The van der Waals surface area contributed by atoms with Gasteiger partial charge in [0, 0.05) is 57.6 Å². The molecule has 1 amide bonds. The number of aromatic nitrogens is 3. The number of carbonyl (C=O) groups is 3. The summed E-state index contributed by atoms with van der Waals surface area (Å²) >= 11 is 0. The number of hydrogen-bond acceptors (Lipinski definition) is 11. The summed E-state index contributed by atoms with van der Waals surface area (Å²) in [6, 6.07) is 1.12. The van der Waals surface area contributed by atoms with Gasteiger partial charge in [0.25, 0.3) is 6.47 Å². The summed E-state index contributed by atoms with van der Waals surface area (Å²) in [5.74, 6) is -1.59. The lowest BCUT2D eigenvalue weighted by atomic mass is 9.92. The fourth-order valence-corrected chi connectivity index (χ4v) is 5.95. The number of aryl methyl sites for hydroxylation is 1. The normalized spacial score (nSPS) is 19.1. The molecular formula is C34H47F3N6O7. The number of amides is 1. The molecule has 0 bridgehead atoms. The van der Waals surface area contributed by atoms with Gasteiger partial charge in [-0.15, -0.1) is 0 Å². The molecule has 0 aliphatic carbocycles. The Labute approximate surface area is 289 Å². The second kappa shape index (κ2) is 15.4. The van der Waals surface area contributed by atoms with Gasteiger partial charge in [-0.05, 0) is 78.4 Å². The number of nitrogens with two attached hydrogens (primary N) is 1. The lowest BCUT2D eigenvalue weighted by Crippen LogP contribution is -2.51. The molecule has 0 unspecified atom stereocenters. The van der Waals surface area contributed by atoms with Crippen LogP contribution in [0.4, 0.5) is 29.7 Å². The average molecular weight is 709 g/mol. The summed E-state index contributed by atoms with van der Waals surface area (Å²) in [4.78, 5) is 42.3. The summed E-state index contributed by atoms with van der Waals surface area (Å²) in [5, 5.41) is 6.79. The quantitative estimate of drug-likeness (QED) is 0.222. The van der Waals surface area contributed by atoms with E-state index in [2.05, 4.69) is 20.1 Å². The second-order valence-electron chi connectivity index (χ2n) is 14.6. The number of anilines is 2. The van der Waals surface area contributed by atoms with Crippen LogP contribution in [0, 0.1) is 5.92 Å². The van der Waals surface area contributed by atoms with E-state index in [-0.39, 0.29) is 54.4 Å². The van der Waals surface area contributed by atoms with E-state index in [9.17, 15) is 27.6 Å². The number of piperidine rings is 1. The summed E-state index contributed by atoms with van der Waals surface area (Å²) < 4.78 is 63.8. The Morgan fingerprint density at radius 1 is 1.08 bits per heavy atom. The molecule has 3 aromatic rings. The van der Waals surface area contributed by atoms with Gasteiger partial charge in [-0.2, -0.15) is 18.3 Å². The number of nitrogens with one attached hydrogen (secondary N) is 1. The molecule has 2 saturated heterocycles. The van der Waals surface area contributed by atoms with Crippen molar-refractivity contribution in [2.45, 2.75) is 96.6 Å². The molecule has 5 rings (SSSR count). The van der Waals surface area contributed by atoms with E-state index in [4.69, 9.17) is 19.6 Å². The fourth-order valence-electron chi connectivity index (χ4n) is 5.95. The van der Waals surface area contributed by atoms with Crippen LogP contribution in [0.15, 0.2) is 22.9 Å². The number of pyridine rings is 1. The molecule has 3 N–H and O–H groups in total. The average Bonchev–Trinajstić information content (AvgIpc) is 3.54. The van der Waals surface area contributed by atoms with Crippen molar-refractivity contribution in [1.29, 1.82) is 0 Å². The zero-order valence-corrected chi connectivity index (χ0v) is 29.6. The maximum Gasteiger partial charge on any atom is 0.414 e. The number of nitrogens with zero attached hydrogens (tertiary/aromatic N) is 4. The van der Waals surface area contributed by atoms with Crippen molar-refractivity contribution >= 4 is 41.2 Å². The van der Waals surface area contributed by atoms with Crippen molar-refractivity contribution in [3.8, 4) is 0 Å². The number of alkyl halides is 3. The lowest BCUT2D eigenvalue weighted by Gasteiger charge is -2.38. The van der Waals surface area contributed by atoms with E-state index in [1.807, 2.05) is 26.8 Å². The predicted octanol–water partition coefficient (Wildman–Crippen LogP) is 5.90. The number of ketones is 1. The molecule has 0 spiro atoms. The van der Waals surface area contributed by atoms with Crippen LogP contribution < -0.4 is 16.0 Å². The standard InChI is InChI=1S/C29H37F3N6O5.C5H10O2/c1-28(2,3)43-27(40)36-25-23(24-22(42-25)10-17(12-34-24)16-5-7-41-8-6-16)21(39)9-18-13-35-37(4)26(18)38-14-19(29(30,31)32)11-20(33)15-38;1-5(2,3)7-4-6/h10,12-13,16,19-20H,5-9,11,14-15,33H2,1-4H3,(H,36,40);4H,1-3H3/t19-,20+;/m1./s1. The maximum atomic E-state index is 13.9. The van der Waals surface area contributed by atoms with E-state index >= 15 is 0 Å². The van der Waals surface area contributed by atoms with Crippen LogP contribution >= 0.6 is 0 Å². The Kier molecular flexibility index (Phi) is 11.9. The Morgan fingerprint density at radius 3 is 2.34 bits per heavy atom. The highest BCUT2D eigenvalue weighted by Gasteiger charge is 2.44. The first-order valence-corrected chi connectivity index (χ1v) is 16.5. The highest BCUT2D eigenvalue weighted by molar-refractivity contribution is 6.12. The van der Waals surface area contributed by atoms with Crippen molar-refractivity contribution in [2.75, 3.05) is 36.5 Å². The highest BCUT2D eigenvalue weighted by atomic mass is 19.4. The molecule has 276 valence electrons. The minimum atomic E-state index is -4.40. The van der Waals surface area contributed by atoms with Gasteiger partial charge in [0.2, 0.25) is 5.88 Å². The lowest BCUT2D eigenvalue weighted by molar-refractivity contribution is -0.177. The maximum absolute atomic E-state index is 13.9. The smallest absolute Gasteiger partial charge is 0.414 e. The van der Waals surface area contributed by atoms with Crippen molar-refractivity contribution in [2.24, 2.45) is 18.7 Å². The van der Waals surface area contributed by atoms with Crippen LogP contribution in [-0.4, -0.2) is 82.8 Å². The van der Waals surface area contributed by atoms with Gasteiger partial charge in [-0.1, -0.05) is 0 Å². The third-order valence-electron chi connectivity index (χ3n) is 8.11. The van der Waals surface area contributed by atoms with Gasteiger partial charge in [0.05, 0.1) is 12.1 Å². The number of ether oxygens (including phenoxy) is 3. The van der Waals surface area contributed by atoms with Crippen LogP contribution in [0.25, 0.3) is 11.1 Å². The largest absolute Gasteiger partial charge is 0.462 e. The Balaban J connectivity index is 0.000000727. The molecule has 13 nitrogen and oxygen atoms in total. The third-order valence-corrected chi connectivity index (χ3v) is 8.11. The van der Waals surface area contributed by atoms with Gasteiger partial charge >= 0.3 is 12.3 Å². The Bertz CT molecular complexity index is 1650. The first-order valence-electron chi connectivity index (χ1n) is 16.5. The zero-order valence-electron chi connectivity index (χ0n) is 29.6. The summed E-state index contributed by atoms with van der Waals surface area (Å²) in [6.07, 6.45) is -0.824. The first-order chi connectivity index (χ1) is 23.3. The van der Waals surface area contributed by atoms with E-state index in [1.54, 1.807) is 34.0 Å². The van der Waals surface area contributed by atoms with Crippen LogP contribution in [0.1, 0.15) is 88.2 Å². The second-order valence-corrected chi connectivity index (χ2v) is 14.6. The van der Waals surface area contributed by atoms with Gasteiger partial charge in [0.15, 0.2) is 11.4 Å². The van der Waals surface area contributed by atoms with E-state index in [0.29, 0.717) is 36.7 Å². The molecule has 0 aromatic carbocycles. The van der Waals surface area contributed by atoms with Gasteiger partial charge in [-0.25, -0.2) is 4.79 Å². The molecule has 0 radical (unpaired) electrons. The van der Waals surface area contributed by atoms with Crippen LogP contribution in [0.3, 0.4) is 0 Å². The molecule has 2 fully saturated rings. The number of carbonyl (C=O) groups excluding carboxylic acids is 3. The van der Waals surface area contributed by atoms with Gasteiger partial charge in [-0.3, -0.25) is 24.6 Å². The van der Waals surface area contributed by atoms with Crippen molar-refractivity contribution in [3.63, 3.8) is 0 Å². The molecule has 3 aromatic heterocycles. The molecule has 2 aliphatic rings. The minimum Gasteiger partial charge on any atom is -0.462 e. The Morgan fingerprint density at radius 2 is 1.76 bits per heavy atom. The molecule has 5 heterocycles. The molecule has 0 saturated carbocycles. The number of hydrogen-bond donors (Lipinski definition) is 2. The molecule has 2 atom stereocenters. The van der Waals surface area contributed by atoms with E-state index in [0.717, 1.165) is 18.4 Å². The van der Waals surface area contributed by atoms with Gasteiger partial charge < -0.3 is 29.3 Å². The highest BCUT2D eigenvalue weighted by Crippen LogP contribution is 2.37. The van der Waals surface area contributed by atoms with Crippen LogP contribution in [0.2, 0.25) is 0 Å². The van der Waals surface area contributed by atoms with Crippen LogP contribution in [-0.2, 0) is 32.5 Å².